The second-order valence-corrected chi connectivity index (χ2v) is 6.53. The largest absolute Gasteiger partial charge is 0.573 e. The average Bonchev–Trinajstić information content (AvgIpc) is 2.46. The van der Waals surface area contributed by atoms with Crippen LogP contribution >= 0.6 is 7.60 Å². The number of rotatable bonds is 8. The molecular weight excluding hydrogens is 352 g/mol. The molecule has 0 fully saturated rings. The van der Waals surface area contributed by atoms with Crippen molar-refractivity contribution in [1.82, 2.24) is 0 Å². The van der Waals surface area contributed by atoms with E-state index >= 15 is 0 Å². The zero-order valence-corrected chi connectivity index (χ0v) is 14.2. The van der Waals surface area contributed by atoms with E-state index in [1.165, 1.54) is 12.1 Å². The van der Waals surface area contributed by atoms with E-state index in [0.717, 1.165) is 19.2 Å². The Kier molecular flexibility index (Phi) is 7.26. The smallest absolute Gasteiger partial charge is 0.468 e. The Morgan fingerprint density at radius 3 is 2.25 bits per heavy atom. The lowest BCUT2D eigenvalue weighted by Crippen LogP contribution is -2.19. The van der Waals surface area contributed by atoms with Gasteiger partial charge in [0.2, 0.25) is 0 Å². The molecule has 0 aliphatic rings. The molecule has 1 atom stereocenters. The third-order valence-corrected chi connectivity index (χ3v) is 5.14. The molecule has 0 saturated heterocycles. The zero-order valence-electron chi connectivity index (χ0n) is 13.3. The Balaban J connectivity index is 3.33. The first-order chi connectivity index (χ1) is 11.2. The summed E-state index contributed by atoms with van der Waals surface area (Å²) in [5, 5.41) is 0. The summed E-state index contributed by atoms with van der Waals surface area (Å²) >= 11 is 0. The minimum Gasteiger partial charge on any atom is -0.468 e. The van der Waals surface area contributed by atoms with Crippen molar-refractivity contribution in [3.05, 3.63) is 29.8 Å². The normalized spacial score (nSPS) is 13.4. The van der Waals surface area contributed by atoms with Crippen molar-refractivity contribution in [2.45, 2.75) is 25.9 Å². The van der Waals surface area contributed by atoms with Crippen LogP contribution in [0.15, 0.2) is 24.3 Å². The summed E-state index contributed by atoms with van der Waals surface area (Å²) in [5.41, 5.74) is -1.56. The molecule has 1 aromatic rings. The first-order valence-corrected chi connectivity index (χ1v) is 8.60. The Hall–Kier alpha value is -1.57. The van der Waals surface area contributed by atoms with E-state index < -0.39 is 31.3 Å². The molecular formula is C14H18F3O6P. The van der Waals surface area contributed by atoms with Gasteiger partial charge in [-0.15, -0.1) is 13.2 Å². The highest BCUT2D eigenvalue weighted by atomic mass is 31.2. The maximum absolute atomic E-state index is 12.9. The van der Waals surface area contributed by atoms with Crippen molar-refractivity contribution >= 4 is 13.6 Å². The molecule has 0 aliphatic carbocycles. The standard InChI is InChI=1S/C14H18F3O6P/c1-4-21-24(19,22-5-2)12(13(18)20-3)10-7-6-8-11(9-10)23-14(15,16)17/h6-9,12H,4-5H2,1-3H3/t12-/m0/s1. The minimum atomic E-state index is -4.90. The van der Waals surface area contributed by atoms with Gasteiger partial charge in [0, 0.05) is 0 Å². The lowest BCUT2D eigenvalue weighted by atomic mass is 10.1. The Bertz CT molecular complexity index is 594. The molecule has 0 unspecified atom stereocenters. The summed E-state index contributed by atoms with van der Waals surface area (Å²) in [4.78, 5) is 12.1. The topological polar surface area (TPSA) is 71.1 Å². The van der Waals surface area contributed by atoms with E-state index in [-0.39, 0.29) is 18.8 Å². The number of halogens is 3. The van der Waals surface area contributed by atoms with Gasteiger partial charge in [-0.25, -0.2) is 0 Å². The van der Waals surface area contributed by atoms with Gasteiger partial charge in [-0.1, -0.05) is 12.1 Å². The molecule has 136 valence electrons. The molecule has 24 heavy (non-hydrogen) atoms. The zero-order chi connectivity index (χ0) is 18.4. The van der Waals surface area contributed by atoms with E-state index in [1.54, 1.807) is 13.8 Å². The van der Waals surface area contributed by atoms with Gasteiger partial charge in [0.05, 0.1) is 20.3 Å². The van der Waals surface area contributed by atoms with Gasteiger partial charge >= 0.3 is 19.9 Å². The molecule has 10 heteroatoms. The van der Waals surface area contributed by atoms with E-state index in [0.29, 0.717) is 0 Å². The number of benzene rings is 1. The molecule has 0 saturated carbocycles. The van der Waals surface area contributed by atoms with Gasteiger partial charge in [0.1, 0.15) is 5.75 Å². The van der Waals surface area contributed by atoms with E-state index in [4.69, 9.17) is 9.05 Å². The highest BCUT2D eigenvalue weighted by molar-refractivity contribution is 7.55. The van der Waals surface area contributed by atoms with Gasteiger partial charge in [-0.05, 0) is 31.5 Å². The molecule has 1 aromatic carbocycles. The lowest BCUT2D eigenvalue weighted by Gasteiger charge is -2.25. The summed E-state index contributed by atoms with van der Waals surface area (Å²) in [7, 11) is -2.94. The van der Waals surface area contributed by atoms with Crippen molar-refractivity contribution in [1.29, 1.82) is 0 Å². The Labute approximate surface area is 137 Å². The predicted molar refractivity (Wildman–Crippen MR) is 78.7 cm³/mol. The van der Waals surface area contributed by atoms with Gasteiger partial charge in [-0.3, -0.25) is 9.36 Å². The molecule has 0 spiro atoms. The number of alkyl halides is 3. The first kappa shape index (κ1) is 20.5. The van der Waals surface area contributed by atoms with Crippen LogP contribution in [0.25, 0.3) is 0 Å². The van der Waals surface area contributed by atoms with E-state index in [2.05, 4.69) is 9.47 Å². The van der Waals surface area contributed by atoms with Crippen molar-refractivity contribution in [2.75, 3.05) is 20.3 Å². The van der Waals surface area contributed by atoms with Crippen LogP contribution in [-0.4, -0.2) is 32.7 Å². The van der Waals surface area contributed by atoms with E-state index in [1.807, 2.05) is 0 Å². The molecule has 0 aliphatic heterocycles. The molecule has 1 rings (SSSR count). The summed E-state index contributed by atoms with van der Waals surface area (Å²) < 4.78 is 68.6. The number of esters is 1. The first-order valence-electron chi connectivity index (χ1n) is 6.99. The van der Waals surface area contributed by atoms with Gasteiger partial charge in [-0.2, -0.15) is 0 Å². The predicted octanol–water partition coefficient (Wildman–Crippen LogP) is 4.07. The van der Waals surface area contributed by atoms with Gasteiger partial charge in [0.15, 0.2) is 5.66 Å². The third-order valence-electron chi connectivity index (χ3n) is 2.77. The van der Waals surface area contributed by atoms with Crippen LogP contribution in [0.1, 0.15) is 25.1 Å². The summed E-state index contributed by atoms with van der Waals surface area (Å²) in [6.07, 6.45) is -4.90. The fourth-order valence-corrected chi connectivity index (χ4v) is 3.97. The highest BCUT2D eigenvalue weighted by Crippen LogP contribution is 2.61. The summed E-state index contributed by atoms with van der Waals surface area (Å²) in [6.45, 7) is 3.04. The fourth-order valence-electron chi connectivity index (χ4n) is 1.99. The molecule has 0 radical (unpaired) electrons. The van der Waals surface area contributed by atoms with Crippen LogP contribution in [0.3, 0.4) is 0 Å². The average molecular weight is 370 g/mol. The van der Waals surface area contributed by atoms with Crippen molar-refractivity contribution in [3.63, 3.8) is 0 Å². The van der Waals surface area contributed by atoms with Crippen LogP contribution in [0.2, 0.25) is 0 Å². The molecule has 0 bridgehead atoms. The second kappa shape index (κ2) is 8.50. The van der Waals surface area contributed by atoms with Crippen LogP contribution < -0.4 is 4.74 Å². The maximum Gasteiger partial charge on any atom is 0.573 e. The SMILES string of the molecule is CCOP(=O)(OCC)[C@H](C(=O)OC)c1cccc(OC(F)(F)F)c1. The van der Waals surface area contributed by atoms with Crippen LogP contribution in [0, 0.1) is 0 Å². The van der Waals surface area contributed by atoms with Gasteiger partial charge < -0.3 is 18.5 Å². The lowest BCUT2D eigenvalue weighted by molar-refractivity contribution is -0.274. The van der Waals surface area contributed by atoms with Crippen LogP contribution in [-0.2, 0) is 23.1 Å². The number of carbonyl (C=O) groups is 1. The number of ether oxygens (including phenoxy) is 2. The number of hydrogen-bond acceptors (Lipinski definition) is 6. The monoisotopic (exact) mass is 370 g/mol. The molecule has 0 amide bonds. The van der Waals surface area contributed by atoms with Crippen molar-refractivity contribution < 1.29 is 41.1 Å². The van der Waals surface area contributed by atoms with Crippen LogP contribution in [0.5, 0.6) is 5.75 Å². The second-order valence-electron chi connectivity index (χ2n) is 4.42. The third kappa shape index (κ3) is 5.51. The molecule has 0 heterocycles. The molecule has 0 N–H and O–H groups in total. The molecule has 6 nitrogen and oxygen atoms in total. The fraction of sp³-hybridized carbons (Fsp3) is 0.500. The number of carbonyl (C=O) groups excluding carboxylic acids is 1. The molecule has 0 aromatic heterocycles. The minimum absolute atomic E-state index is 0.0243. The number of hydrogen-bond donors (Lipinski definition) is 0. The summed E-state index contributed by atoms with van der Waals surface area (Å²) in [5.74, 6) is -1.52. The highest BCUT2D eigenvalue weighted by Gasteiger charge is 2.43. The van der Waals surface area contributed by atoms with Gasteiger partial charge in [0.25, 0.3) is 0 Å². The quantitative estimate of drug-likeness (QED) is 0.508. The Morgan fingerprint density at radius 2 is 1.79 bits per heavy atom. The summed E-state index contributed by atoms with van der Waals surface area (Å²) in [6, 6.07) is 4.54. The van der Waals surface area contributed by atoms with Crippen molar-refractivity contribution in [3.8, 4) is 5.75 Å². The maximum atomic E-state index is 12.9. The van der Waals surface area contributed by atoms with Crippen molar-refractivity contribution in [2.24, 2.45) is 0 Å². The van der Waals surface area contributed by atoms with Crippen LogP contribution in [0.4, 0.5) is 13.2 Å². The Morgan fingerprint density at radius 1 is 1.21 bits per heavy atom. The number of methoxy groups -OCH3 is 1. The van der Waals surface area contributed by atoms with E-state index in [9.17, 15) is 22.5 Å².